The fourth-order valence-corrected chi connectivity index (χ4v) is 7.97. The Morgan fingerprint density at radius 1 is 0.926 bits per heavy atom. The van der Waals surface area contributed by atoms with Gasteiger partial charge in [0.2, 0.25) is 0 Å². The highest BCUT2D eigenvalue weighted by atomic mass is 28.4. The van der Waals surface area contributed by atoms with Gasteiger partial charge >= 0.3 is 5.97 Å². The maximum Gasteiger partial charge on any atom is 0.302 e. The molecule has 3 nitrogen and oxygen atoms in total. The zero-order valence-corrected chi connectivity index (χ0v) is 17.8. The molecule has 4 heteroatoms. The molecule has 0 aliphatic rings. The molecular formula is C23H30O3Si. The molecule has 0 heterocycles. The quantitative estimate of drug-likeness (QED) is 0.299. The lowest BCUT2D eigenvalue weighted by atomic mass is 10.2. The minimum absolute atomic E-state index is 0.0167. The normalized spacial score (nSPS) is 12.3. The Balaban J connectivity index is 2.26. The van der Waals surface area contributed by atoms with E-state index in [2.05, 4.69) is 69.3 Å². The number of esters is 1. The third kappa shape index (κ3) is 5.41. The van der Waals surface area contributed by atoms with Gasteiger partial charge in [0, 0.05) is 13.5 Å². The zero-order chi connectivity index (χ0) is 19.8. The van der Waals surface area contributed by atoms with E-state index in [1.54, 1.807) is 0 Å². The third-order valence-corrected chi connectivity index (χ3v) is 9.61. The summed E-state index contributed by atoms with van der Waals surface area (Å²) in [6.07, 6.45) is 4.67. The smallest absolute Gasteiger partial charge is 0.302 e. The lowest BCUT2D eigenvalue weighted by Gasteiger charge is -2.43. The van der Waals surface area contributed by atoms with E-state index in [1.165, 1.54) is 17.3 Å². The highest BCUT2D eigenvalue weighted by Crippen LogP contribution is 2.36. The van der Waals surface area contributed by atoms with Crippen molar-refractivity contribution < 1.29 is 14.0 Å². The molecule has 0 bridgehead atoms. The highest BCUT2D eigenvalue weighted by molar-refractivity contribution is 6.99. The molecular weight excluding hydrogens is 352 g/mol. The van der Waals surface area contributed by atoms with Gasteiger partial charge in [-0.1, -0.05) is 93.6 Å². The lowest BCUT2D eigenvalue weighted by molar-refractivity contribution is -0.139. The molecule has 0 amide bonds. The molecule has 2 rings (SSSR count). The van der Waals surface area contributed by atoms with Crippen LogP contribution in [0.25, 0.3) is 0 Å². The van der Waals surface area contributed by atoms with Gasteiger partial charge in [0.1, 0.15) is 6.61 Å². The molecule has 0 unspecified atom stereocenters. The second-order valence-corrected chi connectivity index (χ2v) is 11.9. The van der Waals surface area contributed by atoms with Crippen molar-refractivity contribution in [3.63, 3.8) is 0 Å². The first-order valence-corrected chi connectivity index (χ1v) is 11.3. The van der Waals surface area contributed by atoms with E-state index in [0.717, 1.165) is 6.42 Å². The summed E-state index contributed by atoms with van der Waals surface area (Å²) in [5, 5.41) is 2.55. The number of rotatable bonds is 8. The molecule has 0 radical (unpaired) electrons. The number of ether oxygens (including phenoxy) is 1. The highest BCUT2D eigenvalue weighted by Gasteiger charge is 2.49. The van der Waals surface area contributed by atoms with Crippen molar-refractivity contribution in [3.8, 4) is 0 Å². The van der Waals surface area contributed by atoms with Crippen molar-refractivity contribution in [2.75, 3.05) is 13.2 Å². The number of carbonyl (C=O) groups excluding carboxylic acids is 1. The van der Waals surface area contributed by atoms with Crippen LogP contribution in [0.1, 0.15) is 34.1 Å². The van der Waals surface area contributed by atoms with Crippen molar-refractivity contribution in [2.45, 2.75) is 39.2 Å². The molecule has 0 saturated carbocycles. The maximum atomic E-state index is 10.8. The van der Waals surface area contributed by atoms with Crippen LogP contribution in [-0.2, 0) is 14.0 Å². The first-order chi connectivity index (χ1) is 12.9. The average Bonchev–Trinajstić information content (AvgIpc) is 2.64. The zero-order valence-electron chi connectivity index (χ0n) is 16.8. The molecule has 2 aromatic rings. The Hall–Kier alpha value is -2.17. The Kier molecular flexibility index (Phi) is 7.57. The van der Waals surface area contributed by atoms with Gasteiger partial charge in [-0.05, 0) is 21.8 Å². The standard InChI is InChI=1S/C23H30O3Si/c1-20(24)25-18-12-7-13-19-26-27(23(2,3)4,21-14-8-5-9-15-21)22-16-10-6-11-17-22/h5-12,14-17H,13,18-19H2,1-4H3/b12-7+. The first kappa shape index (κ1) is 21.1. The number of carbonyl (C=O) groups is 1. The van der Waals surface area contributed by atoms with Crippen LogP contribution >= 0.6 is 0 Å². The van der Waals surface area contributed by atoms with Crippen LogP contribution in [0.15, 0.2) is 72.8 Å². The minimum atomic E-state index is -2.45. The van der Waals surface area contributed by atoms with E-state index in [-0.39, 0.29) is 11.0 Å². The molecule has 0 N–H and O–H groups in total. The molecule has 0 spiro atoms. The molecule has 0 aromatic heterocycles. The summed E-state index contributed by atoms with van der Waals surface area (Å²) in [5.41, 5.74) is 0. The van der Waals surface area contributed by atoms with Crippen molar-refractivity contribution in [3.05, 3.63) is 72.8 Å². The number of hydrogen-bond acceptors (Lipinski definition) is 3. The van der Waals surface area contributed by atoms with E-state index < -0.39 is 8.32 Å². The first-order valence-electron chi connectivity index (χ1n) is 9.41. The monoisotopic (exact) mass is 382 g/mol. The van der Waals surface area contributed by atoms with Gasteiger partial charge in [0.05, 0.1) is 0 Å². The van der Waals surface area contributed by atoms with Crippen molar-refractivity contribution in [1.82, 2.24) is 0 Å². The van der Waals surface area contributed by atoms with Crippen LogP contribution in [0, 0.1) is 0 Å². The van der Waals surface area contributed by atoms with Gasteiger partial charge in [0.15, 0.2) is 0 Å². The van der Waals surface area contributed by atoms with Gasteiger partial charge in [0.25, 0.3) is 8.32 Å². The fraction of sp³-hybridized carbons (Fsp3) is 0.348. The summed E-state index contributed by atoms with van der Waals surface area (Å²) in [7, 11) is -2.45. The molecule has 27 heavy (non-hydrogen) atoms. The number of hydrogen-bond donors (Lipinski definition) is 0. The van der Waals surface area contributed by atoms with E-state index >= 15 is 0 Å². The molecule has 2 aromatic carbocycles. The Labute approximate surface area is 164 Å². The Morgan fingerprint density at radius 3 is 1.89 bits per heavy atom. The van der Waals surface area contributed by atoms with E-state index in [9.17, 15) is 4.79 Å². The average molecular weight is 383 g/mol. The summed E-state index contributed by atoms with van der Waals surface area (Å²) in [5.74, 6) is -0.261. The largest absolute Gasteiger partial charge is 0.462 e. The van der Waals surface area contributed by atoms with Crippen LogP contribution in [0.4, 0.5) is 0 Å². The lowest BCUT2D eigenvalue weighted by Crippen LogP contribution is -2.66. The summed E-state index contributed by atoms with van der Waals surface area (Å²) >= 11 is 0. The molecule has 0 aliphatic carbocycles. The van der Waals surface area contributed by atoms with Crippen LogP contribution in [0.3, 0.4) is 0 Å². The predicted molar refractivity (Wildman–Crippen MR) is 114 cm³/mol. The minimum Gasteiger partial charge on any atom is -0.462 e. The summed E-state index contributed by atoms with van der Waals surface area (Å²) in [4.78, 5) is 10.8. The molecule has 0 fully saturated rings. The number of benzene rings is 2. The second kappa shape index (κ2) is 9.67. The van der Waals surface area contributed by atoms with Crippen LogP contribution in [0.5, 0.6) is 0 Å². The molecule has 0 aliphatic heterocycles. The van der Waals surface area contributed by atoms with Crippen LogP contribution < -0.4 is 10.4 Å². The van der Waals surface area contributed by atoms with Crippen molar-refractivity contribution >= 4 is 24.7 Å². The van der Waals surface area contributed by atoms with E-state index in [1.807, 2.05) is 24.3 Å². The van der Waals surface area contributed by atoms with Crippen LogP contribution in [-0.4, -0.2) is 27.5 Å². The fourth-order valence-electron chi connectivity index (χ4n) is 3.39. The van der Waals surface area contributed by atoms with Gasteiger partial charge in [-0.3, -0.25) is 4.79 Å². The summed E-state index contributed by atoms with van der Waals surface area (Å²) in [6.45, 7) is 9.18. The molecule has 0 atom stereocenters. The van der Waals surface area contributed by atoms with Gasteiger partial charge < -0.3 is 9.16 Å². The Morgan fingerprint density at radius 2 is 1.44 bits per heavy atom. The second-order valence-electron chi connectivity index (χ2n) is 7.57. The van der Waals surface area contributed by atoms with Crippen molar-refractivity contribution in [2.24, 2.45) is 0 Å². The topological polar surface area (TPSA) is 35.5 Å². The molecule has 144 valence electrons. The SMILES string of the molecule is CC(=O)OC/C=C/CCO[Si](c1ccccc1)(c1ccccc1)C(C)(C)C. The summed E-state index contributed by atoms with van der Waals surface area (Å²) in [6, 6.07) is 21.2. The van der Waals surface area contributed by atoms with Gasteiger partial charge in [-0.15, -0.1) is 0 Å². The predicted octanol–water partition coefficient (Wildman–Crippen LogP) is 4.07. The van der Waals surface area contributed by atoms with Gasteiger partial charge in [-0.25, -0.2) is 0 Å². The van der Waals surface area contributed by atoms with Crippen molar-refractivity contribution in [1.29, 1.82) is 0 Å². The maximum absolute atomic E-state index is 10.8. The van der Waals surface area contributed by atoms with Gasteiger partial charge in [-0.2, -0.15) is 0 Å². The van der Waals surface area contributed by atoms with E-state index in [0.29, 0.717) is 13.2 Å². The molecule has 0 saturated heterocycles. The van der Waals surface area contributed by atoms with E-state index in [4.69, 9.17) is 9.16 Å². The third-order valence-electron chi connectivity index (χ3n) is 4.57. The Bertz CT molecular complexity index is 694. The van der Waals surface area contributed by atoms with Crippen LogP contribution in [0.2, 0.25) is 5.04 Å². The summed E-state index contributed by atoms with van der Waals surface area (Å²) < 4.78 is 11.7.